The number of aromatic nitrogens is 3. The van der Waals surface area contributed by atoms with E-state index < -0.39 is 0 Å². The number of H-pyrrole nitrogens is 1. The van der Waals surface area contributed by atoms with Gasteiger partial charge in [-0.2, -0.15) is 0 Å². The molecule has 1 aromatic carbocycles. The Hall–Kier alpha value is -2.05. The molecule has 0 saturated heterocycles. The molecule has 3 rings (SSSR count). The van der Waals surface area contributed by atoms with Gasteiger partial charge in [-0.25, -0.2) is 9.97 Å². The lowest BCUT2D eigenvalue weighted by Crippen LogP contribution is -1.98. The molecule has 5 nitrogen and oxygen atoms in total. The summed E-state index contributed by atoms with van der Waals surface area (Å²) >= 11 is 1.58. The first kappa shape index (κ1) is 14.9. The zero-order valence-electron chi connectivity index (χ0n) is 12.8. The molecular formula is C16H19N5S. The Bertz CT molecular complexity index is 781. The van der Waals surface area contributed by atoms with E-state index in [-0.39, 0.29) is 0 Å². The van der Waals surface area contributed by atoms with E-state index in [1.54, 1.807) is 18.3 Å². The van der Waals surface area contributed by atoms with Gasteiger partial charge in [-0.3, -0.25) is 4.72 Å². The molecule has 0 aliphatic heterocycles. The van der Waals surface area contributed by atoms with Gasteiger partial charge in [0.2, 0.25) is 0 Å². The fourth-order valence-corrected chi connectivity index (χ4v) is 3.00. The van der Waals surface area contributed by atoms with Crippen molar-refractivity contribution in [3.63, 3.8) is 0 Å². The van der Waals surface area contributed by atoms with Crippen molar-refractivity contribution in [2.45, 2.75) is 24.7 Å². The molecule has 0 bridgehead atoms. The van der Waals surface area contributed by atoms with Gasteiger partial charge in [-0.1, -0.05) is 19.9 Å². The number of fused-ring (bicyclic) bond motifs is 1. The molecule has 0 spiro atoms. The minimum absolute atomic E-state index is 0.409. The summed E-state index contributed by atoms with van der Waals surface area (Å²) in [5, 5.41) is 4.47. The predicted octanol–water partition coefficient (Wildman–Crippen LogP) is 4.05. The minimum atomic E-state index is 0.409. The number of hydrogen-bond donors (Lipinski definition) is 3. The molecular weight excluding hydrogens is 294 g/mol. The molecule has 0 aliphatic rings. The van der Waals surface area contributed by atoms with Crippen molar-refractivity contribution >= 4 is 34.5 Å². The Labute approximate surface area is 134 Å². The standard InChI is InChI=1S/C16H19N5S/c1-10(2)13-8-18-15-14(13)16(20-9-19-15)21-11-5-4-6-12(7-11)22-17-3/h4-10,17H,1-3H3,(H2,18,19,20,21). The van der Waals surface area contributed by atoms with Crippen LogP contribution in [0, 0.1) is 0 Å². The summed E-state index contributed by atoms with van der Waals surface area (Å²) in [7, 11) is 1.91. The summed E-state index contributed by atoms with van der Waals surface area (Å²) < 4.78 is 3.08. The van der Waals surface area contributed by atoms with Crippen molar-refractivity contribution in [1.82, 2.24) is 19.7 Å². The van der Waals surface area contributed by atoms with Crippen molar-refractivity contribution in [3.8, 4) is 0 Å². The molecule has 114 valence electrons. The normalized spacial score (nSPS) is 11.3. The first-order valence-electron chi connectivity index (χ1n) is 7.21. The molecule has 6 heteroatoms. The van der Waals surface area contributed by atoms with E-state index in [1.807, 2.05) is 25.4 Å². The molecule has 2 heterocycles. The molecule has 0 unspecified atom stereocenters. The molecule has 0 radical (unpaired) electrons. The molecule has 2 aromatic heterocycles. The second kappa shape index (κ2) is 6.37. The lowest BCUT2D eigenvalue weighted by Gasteiger charge is -2.10. The molecule has 22 heavy (non-hydrogen) atoms. The van der Waals surface area contributed by atoms with E-state index in [2.05, 4.69) is 51.0 Å². The lowest BCUT2D eigenvalue weighted by molar-refractivity contribution is 0.875. The van der Waals surface area contributed by atoms with Crippen LogP contribution in [0.2, 0.25) is 0 Å². The van der Waals surface area contributed by atoms with Gasteiger partial charge in [0, 0.05) is 16.8 Å². The van der Waals surface area contributed by atoms with E-state index in [1.165, 1.54) is 5.56 Å². The van der Waals surface area contributed by atoms with E-state index in [0.717, 1.165) is 27.4 Å². The fourth-order valence-electron chi connectivity index (χ4n) is 2.43. The van der Waals surface area contributed by atoms with Crippen LogP contribution in [0.15, 0.2) is 41.7 Å². The average molecular weight is 313 g/mol. The summed E-state index contributed by atoms with van der Waals surface area (Å²) in [5.74, 6) is 1.24. The predicted molar refractivity (Wildman–Crippen MR) is 92.6 cm³/mol. The number of rotatable bonds is 5. The Morgan fingerprint density at radius 3 is 2.86 bits per heavy atom. The van der Waals surface area contributed by atoms with E-state index in [9.17, 15) is 0 Å². The Balaban J connectivity index is 2.00. The largest absolute Gasteiger partial charge is 0.346 e. The average Bonchev–Trinajstić information content (AvgIpc) is 2.93. The smallest absolute Gasteiger partial charge is 0.143 e. The van der Waals surface area contributed by atoms with Crippen LogP contribution in [-0.2, 0) is 0 Å². The number of anilines is 2. The van der Waals surface area contributed by atoms with Crippen molar-refractivity contribution in [2.75, 3.05) is 12.4 Å². The summed E-state index contributed by atoms with van der Waals surface area (Å²) in [6.45, 7) is 4.34. The van der Waals surface area contributed by atoms with Crippen LogP contribution in [0.1, 0.15) is 25.3 Å². The second-order valence-corrected chi connectivity index (χ2v) is 6.39. The van der Waals surface area contributed by atoms with Crippen LogP contribution in [0.25, 0.3) is 11.0 Å². The fraction of sp³-hybridized carbons (Fsp3) is 0.250. The van der Waals surface area contributed by atoms with E-state index >= 15 is 0 Å². The Morgan fingerprint density at radius 1 is 1.23 bits per heavy atom. The van der Waals surface area contributed by atoms with Gasteiger partial charge in [0.05, 0.1) is 5.39 Å². The topological polar surface area (TPSA) is 65.6 Å². The van der Waals surface area contributed by atoms with Crippen LogP contribution in [0.3, 0.4) is 0 Å². The summed E-state index contributed by atoms with van der Waals surface area (Å²) in [4.78, 5) is 13.1. The minimum Gasteiger partial charge on any atom is -0.346 e. The van der Waals surface area contributed by atoms with Gasteiger partial charge in [0.25, 0.3) is 0 Å². The third-order valence-electron chi connectivity index (χ3n) is 3.44. The maximum atomic E-state index is 4.43. The van der Waals surface area contributed by atoms with Crippen LogP contribution >= 0.6 is 11.9 Å². The highest BCUT2D eigenvalue weighted by atomic mass is 32.2. The first-order valence-corrected chi connectivity index (χ1v) is 8.03. The highest BCUT2D eigenvalue weighted by Crippen LogP contribution is 2.31. The van der Waals surface area contributed by atoms with Crippen molar-refractivity contribution in [1.29, 1.82) is 0 Å². The van der Waals surface area contributed by atoms with Crippen molar-refractivity contribution in [2.24, 2.45) is 0 Å². The van der Waals surface area contributed by atoms with Crippen LogP contribution in [0.5, 0.6) is 0 Å². The highest BCUT2D eigenvalue weighted by Gasteiger charge is 2.13. The third kappa shape index (κ3) is 2.93. The SMILES string of the molecule is CNSc1cccc(Nc2ncnc3[nH]cc(C(C)C)c23)c1. The number of nitrogens with zero attached hydrogens (tertiary/aromatic N) is 2. The Morgan fingerprint density at radius 2 is 2.09 bits per heavy atom. The number of benzene rings is 1. The summed E-state index contributed by atoms with van der Waals surface area (Å²) in [5.41, 5.74) is 3.09. The van der Waals surface area contributed by atoms with Crippen LogP contribution < -0.4 is 10.0 Å². The number of hydrogen-bond acceptors (Lipinski definition) is 5. The van der Waals surface area contributed by atoms with Crippen molar-refractivity contribution in [3.05, 3.63) is 42.4 Å². The molecule has 0 amide bonds. The first-order chi connectivity index (χ1) is 10.7. The van der Waals surface area contributed by atoms with Gasteiger partial charge in [-0.15, -0.1) is 0 Å². The van der Waals surface area contributed by atoms with Crippen LogP contribution in [-0.4, -0.2) is 22.0 Å². The van der Waals surface area contributed by atoms with Gasteiger partial charge in [0.15, 0.2) is 0 Å². The zero-order chi connectivity index (χ0) is 15.5. The number of aromatic amines is 1. The van der Waals surface area contributed by atoms with Gasteiger partial charge < -0.3 is 10.3 Å². The molecule has 0 atom stereocenters. The van der Waals surface area contributed by atoms with Crippen molar-refractivity contribution < 1.29 is 0 Å². The van der Waals surface area contributed by atoms with Gasteiger partial charge >= 0.3 is 0 Å². The van der Waals surface area contributed by atoms with Crippen LogP contribution in [0.4, 0.5) is 11.5 Å². The maximum absolute atomic E-state index is 4.43. The molecule has 0 fully saturated rings. The number of nitrogens with one attached hydrogen (secondary N) is 3. The quantitative estimate of drug-likeness (QED) is 0.620. The summed E-state index contributed by atoms with van der Waals surface area (Å²) in [6, 6.07) is 8.23. The van der Waals surface area contributed by atoms with Gasteiger partial charge in [-0.05, 0) is 48.7 Å². The molecule has 3 N–H and O–H groups in total. The molecule has 0 saturated carbocycles. The van der Waals surface area contributed by atoms with E-state index in [4.69, 9.17) is 0 Å². The van der Waals surface area contributed by atoms with Gasteiger partial charge in [0.1, 0.15) is 17.8 Å². The second-order valence-electron chi connectivity index (χ2n) is 5.30. The monoisotopic (exact) mass is 313 g/mol. The van der Waals surface area contributed by atoms with E-state index in [0.29, 0.717) is 5.92 Å². The molecule has 0 aliphatic carbocycles. The highest BCUT2D eigenvalue weighted by molar-refractivity contribution is 7.97. The summed E-state index contributed by atoms with van der Waals surface area (Å²) in [6.07, 6.45) is 3.60. The lowest BCUT2D eigenvalue weighted by atomic mass is 10.0. The maximum Gasteiger partial charge on any atom is 0.143 e. The molecule has 3 aromatic rings. The zero-order valence-corrected chi connectivity index (χ0v) is 13.7. The third-order valence-corrected chi connectivity index (χ3v) is 4.13. The Kier molecular flexibility index (Phi) is 4.31.